The predicted molar refractivity (Wildman–Crippen MR) is 104 cm³/mol. The normalized spacial score (nSPS) is 13.2. The molecule has 0 bridgehead atoms. The molecule has 8 heteroatoms. The first-order valence-corrected chi connectivity index (χ1v) is 8.62. The summed E-state index contributed by atoms with van der Waals surface area (Å²) in [6.07, 6.45) is 1.54. The van der Waals surface area contributed by atoms with Crippen LogP contribution in [0.3, 0.4) is 0 Å². The van der Waals surface area contributed by atoms with Crippen LogP contribution in [0, 0.1) is 0 Å². The van der Waals surface area contributed by atoms with Crippen LogP contribution in [0.5, 0.6) is 0 Å². The summed E-state index contributed by atoms with van der Waals surface area (Å²) in [5.74, 6) is -0.349. The summed E-state index contributed by atoms with van der Waals surface area (Å²) < 4.78 is 1.38. The molecule has 27 heavy (non-hydrogen) atoms. The van der Waals surface area contributed by atoms with Gasteiger partial charge in [0.05, 0.1) is 11.4 Å². The fraction of sp³-hybridized carbons (Fsp3) is 0.105. The first kappa shape index (κ1) is 17.1. The fourth-order valence-electron chi connectivity index (χ4n) is 3.19. The van der Waals surface area contributed by atoms with Crippen molar-refractivity contribution in [2.45, 2.75) is 6.54 Å². The van der Waals surface area contributed by atoms with Crippen LogP contribution in [0.2, 0.25) is 5.02 Å². The Morgan fingerprint density at radius 2 is 1.89 bits per heavy atom. The van der Waals surface area contributed by atoms with Crippen molar-refractivity contribution in [2.24, 2.45) is 5.73 Å². The number of para-hydroxylation sites is 1. The SMILES string of the molecule is CN1c2ccc(Cl)cc2N(c2ccccc2)C(=O)c2cn(CC(N)=O)nc21. The molecule has 0 spiro atoms. The van der Waals surface area contributed by atoms with Gasteiger partial charge in [-0.15, -0.1) is 0 Å². The third-order valence-corrected chi connectivity index (χ3v) is 4.60. The number of primary amides is 1. The molecule has 0 radical (unpaired) electrons. The van der Waals surface area contributed by atoms with Gasteiger partial charge in [-0.2, -0.15) is 5.10 Å². The number of carbonyl (C=O) groups excluding carboxylic acids is 2. The van der Waals surface area contributed by atoms with Gasteiger partial charge in [0.25, 0.3) is 5.91 Å². The minimum atomic E-state index is -0.533. The average molecular weight is 382 g/mol. The molecular formula is C19H16ClN5O2. The Bertz CT molecular complexity index is 1050. The summed E-state index contributed by atoms with van der Waals surface area (Å²) in [6.45, 7) is -0.104. The van der Waals surface area contributed by atoms with Crippen molar-refractivity contribution in [3.63, 3.8) is 0 Å². The Morgan fingerprint density at radius 3 is 2.59 bits per heavy atom. The number of nitrogens with two attached hydrogens (primary N) is 1. The van der Waals surface area contributed by atoms with Gasteiger partial charge in [0, 0.05) is 24.0 Å². The molecule has 0 saturated carbocycles. The molecule has 1 aliphatic rings. The number of nitrogens with zero attached hydrogens (tertiary/aromatic N) is 4. The second kappa shape index (κ2) is 6.44. The van der Waals surface area contributed by atoms with E-state index in [0.29, 0.717) is 27.8 Å². The van der Waals surface area contributed by atoms with Crippen LogP contribution in [0.4, 0.5) is 22.9 Å². The van der Waals surface area contributed by atoms with Gasteiger partial charge in [-0.25, -0.2) is 0 Å². The number of carbonyl (C=O) groups is 2. The third-order valence-electron chi connectivity index (χ3n) is 4.37. The van der Waals surface area contributed by atoms with E-state index in [1.807, 2.05) is 43.4 Å². The topological polar surface area (TPSA) is 84.5 Å². The number of amides is 2. The maximum atomic E-state index is 13.4. The first-order chi connectivity index (χ1) is 13.0. The average Bonchev–Trinajstić information content (AvgIpc) is 3.02. The molecule has 0 unspecified atom stereocenters. The van der Waals surface area contributed by atoms with Crippen LogP contribution in [0.1, 0.15) is 10.4 Å². The lowest BCUT2D eigenvalue weighted by Crippen LogP contribution is -2.25. The van der Waals surface area contributed by atoms with E-state index in [4.69, 9.17) is 17.3 Å². The molecule has 4 rings (SSSR count). The van der Waals surface area contributed by atoms with Gasteiger partial charge in [0.1, 0.15) is 12.1 Å². The van der Waals surface area contributed by atoms with Crippen molar-refractivity contribution in [2.75, 3.05) is 16.8 Å². The summed E-state index contributed by atoms with van der Waals surface area (Å²) in [6, 6.07) is 14.6. The van der Waals surface area contributed by atoms with Crippen molar-refractivity contribution < 1.29 is 9.59 Å². The molecule has 2 N–H and O–H groups in total. The van der Waals surface area contributed by atoms with Crippen LogP contribution < -0.4 is 15.5 Å². The van der Waals surface area contributed by atoms with Gasteiger partial charge in [0.15, 0.2) is 5.82 Å². The van der Waals surface area contributed by atoms with E-state index >= 15 is 0 Å². The number of anilines is 4. The fourth-order valence-corrected chi connectivity index (χ4v) is 3.35. The van der Waals surface area contributed by atoms with E-state index in [1.165, 1.54) is 4.68 Å². The minimum Gasteiger partial charge on any atom is -0.368 e. The Balaban J connectivity index is 1.96. The van der Waals surface area contributed by atoms with Gasteiger partial charge in [-0.1, -0.05) is 29.8 Å². The number of rotatable bonds is 3. The highest BCUT2D eigenvalue weighted by molar-refractivity contribution is 6.31. The first-order valence-electron chi connectivity index (χ1n) is 8.24. The molecule has 2 heterocycles. The number of benzene rings is 2. The molecule has 3 aromatic rings. The third kappa shape index (κ3) is 2.92. The maximum absolute atomic E-state index is 13.4. The highest BCUT2D eigenvalue weighted by Crippen LogP contribution is 2.43. The zero-order valence-electron chi connectivity index (χ0n) is 14.5. The molecule has 0 fully saturated rings. The van der Waals surface area contributed by atoms with Crippen molar-refractivity contribution >= 4 is 46.3 Å². The Hall–Kier alpha value is -3.32. The molecule has 0 saturated heterocycles. The van der Waals surface area contributed by atoms with Crippen LogP contribution in [0.25, 0.3) is 0 Å². The van der Waals surface area contributed by atoms with Gasteiger partial charge in [0.2, 0.25) is 5.91 Å². The summed E-state index contributed by atoms with van der Waals surface area (Å²) in [5, 5.41) is 4.92. The number of aromatic nitrogens is 2. The van der Waals surface area contributed by atoms with Gasteiger partial charge in [-0.3, -0.25) is 19.2 Å². The summed E-state index contributed by atoms with van der Waals surface area (Å²) >= 11 is 6.22. The van der Waals surface area contributed by atoms with E-state index in [9.17, 15) is 9.59 Å². The van der Waals surface area contributed by atoms with Crippen molar-refractivity contribution in [3.8, 4) is 0 Å². The molecule has 2 amide bonds. The lowest BCUT2D eigenvalue weighted by Gasteiger charge is -2.25. The van der Waals surface area contributed by atoms with Crippen LogP contribution >= 0.6 is 11.6 Å². The molecule has 2 aromatic carbocycles. The molecule has 0 aliphatic carbocycles. The van der Waals surface area contributed by atoms with Crippen LogP contribution in [-0.2, 0) is 11.3 Å². The highest BCUT2D eigenvalue weighted by Gasteiger charge is 2.33. The molecule has 1 aromatic heterocycles. The zero-order chi connectivity index (χ0) is 19.1. The van der Waals surface area contributed by atoms with E-state index in [2.05, 4.69) is 5.10 Å². The van der Waals surface area contributed by atoms with Crippen molar-refractivity contribution in [1.29, 1.82) is 0 Å². The smallest absolute Gasteiger partial charge is 0.268 e. The lowest BCUT2D eigenvalue weighted by atomic mass is 10.2. The van der Waals surface area contributed by atoms with E-state index in [-0.39, 0.29) is 12.5 Å². The number of hydrogen-bond acceptors (Lipinski definition) is 4. The molecule has 136 valence electrons. The molecule has 7 nitrogen and oxygen atoms in total. The zero-order valence-corrected chi connectivity index (χ0v) is 15.2. The van der Waals surface area contributed by atoms with Gasteiger partial charge < -0.3 is 10.6 Å². The summed E-state index contributed by atoms with van der Waals surface area (Å²) in [5.41, 5.74) is 7.76. The predicted octanol–water partition coefficient (Wildman–Crippen LogP) is 3.08. The van der Waals surface area contributed by atoms with Crippen LogP contribution in [-0.4, -0.2) is 28.6 Å². The van der Waals surface area contributed by atoms with Crippen LogP contribution in [0.15, 0.2) is 54.7 Å². The number of halogens is 1. The van der Waals surface area contributed by atoms with Crippen molar-refractivity contribution in [3.05, 3.63) is 65.3 Å². The number of fused-ring (bicyclic) bond motifs is 2. The monoisotopic (exact) mass is 381 g/mol. The Labute approximate surface area is 160 Å². The molecule has 0 atom stereocenters. The largest absolute Gasteiger partial charge is 0.368 e. The Kier molecular flexibility index (Phi) is 4.08. The van der Waals surface area contributed by atoms with E-state index < -0.39 is 5.91 Å². The number of hydrogen-bond donors (Lipinski definition) is 1. The van der Waals surface area contributed by atoms with Gasteiger partial charge in [-0.05, 0) is 30.3 Å². The molecular weight excluding hydrogens is 366 g/mol. The lowest BCUT2D eigenvalue weighted by molar-refractivity contribution is -0.118. The van der Waals surface area contributed by atoms with E-state index in [1.54, 1.807) is 28.1 Å². The summed E-state index contributed by atoms with van der Waals surface area (Å²) in [4.78, 5) is 28.1. The second-order valence-corrected chi connectivity index (χ2v) is 6.63. The second-order valence-electron chi connectivity index (χ2n) is 6.20. The van der Waals surface area contributed by atoms with E-state index in [0.717, 1.165) is 5.69 Å². The summed E-state index contributed by atoms with van der Waals surface area (Å²) in [7, 11) is 1.81. The Morgan fingerprint density at radius 1 is 1.15 bits per heavy atom. The maximum Gasteiger partial charge on any atom is 0.268 e. The van der Waals surface area contributed by atoms with Gasteiger partial charge >= 0.3 is 0 Å². The quantitative estimate of drug-likeness (QED) is 0.755. The minimum absolute atomic E-state index is 0.104. The highest BCUT2D eigenvalue weighted by atomic mass is 35.5. The van der Waals surface area contributed by atoms with Crippen molar-refractivity contribution in [1.82, 2.24) is 9.78 Å². The molecule has 1 aliphatic heterocycles. The standard InChI is InChI=1S/C19H16ClN5O2/c1-23-15-8-7-12(20)9-16(15)25(13-5-3-2-4-6-13)19(27)14-10-24(11-17(21)26)22-18(14)23/h2-10H,11H2,1H3,(H2,21,26).